The second-order valence-corrected chi connectivity index (χ2v) is 5.21. The number of carbonyl (C=O) groups is 1. The molecular formula is C16H13N7O2. The Balaban J connectivity index is 2.04. The summed E-state index contributed by atoms with van der Waals surface area (Å²) in [6.45, 7) is 1.95. The molecule has 0 aliphatic heterocycles. The number of nitrogen functional groups attached to an aromatic ring is 1. The smallest absolute Gasteiger partial charge is 0.341 e. The van der Waals surface area contributed by atoms with Crippen LogP contribution in [0, 0.1) is 18.3 Å². The molecule has 2 heterocycles. The number of rotatable bonds is 4. The minimum Gasteiger partial charge on any atom is -0.477 e. The van der Waals surface area contributed by atoms with Crippen LogP contribution in [0.25, 0.3) is 5.95 Å². The summed E-state index contributed by atoms with van der Waals surface area (Å²) in [5.74, 6) is -0.972. The molecule has 0 amide bonds. The third kappa shape index (κ3) is 3.23. The molecule has 1 aromatic carbocycles. The minimum atomic E-state index is -1.21. The first kappa shape index (κ1) is 15.9. The van der Waals surface area contributed by atoms with Gasteiger partial charge in [0.1, 0.15) is 29.0 Å². The van der Waals surface area contributed by atoms with E-state index >= 15 is 0 Å². The molecule has 3 rings (SSSR count). The number of aromatic nitrogens is 4. The molecule has 0 bridgehead atoms. The maximum Gasteiger partial charge on any atom is 0.341 e. The van der Waals surface area contributed by atoms with Gasteiger partial charge in [-0.3, -0.25) is 0 Å². The molecule has 0 aliphatic carbocycles. The number of carboxylic acids is 1. The molecule has 0 atom stereocenters. The summed E-state index contributed by atoms with van der Waals surface area (Å²) in [5.41, 5.74) is 7.55. The summed E-state index contributed by atoms with van der Waals surface area (Å²) >= 11 is 0. The van der Waals surface area contributed by atoms with Crippen LogP contribution in [0.2, 0.25) is 0 Å². The highest BCUT2D eigenvalue weighted by Crippen LogP contribution is 2.20. The number of benzene rings is 1. The van der Waals surface area contributed by atoms with Crippen molar-refractivity contribution in [2.75, 3.05) is 11.1 Å². The Morgan fingerprint density at radius 1 is 1.36 bits per heavy atom. The fraction of sp³-hybridized carbons (Fsp3) is 0.0625. The lowest BCUT2D eigenvalue weighted by atomic mass is 10.2. The number of nitrogens with one attached hydrogen (secondary N) is 1. The predicted molar refractivity (Wildman–Crippen MR) is 89.7 cm³/mol. The van der Waals surface area contributed by atoms with Crippen LogP contribution in [0.3, 0.4) is 0 Å². The highest BCUT2D eigenvalue weighted by atomic mass is 16.4. The van der Waals surface area contributed by atoms with Gasteiger partial charge in [0, 0.05) is 11.8 Å². The molecule has 124 valence electrons. The molecule has 9 nitrogen and oxygen atoms in total. The first-order valence-corrected chi connectivity index (χ1v) is 7.18. The SMILES string of the molecule is Cc1cccc(Nc2cc(C#N)nc(-n3ncc(C(=O)O)c3N)n2)c1. The number of hydrogen-bond donors (Lipinski definition) is 3. The highest BCUT2D eigenvalue weighted by molar-refractivity contribution is 5.92. The third-order valence-corrected chi connectivity index (χ3v) is 3.35. The van der Waals surface area contributed by atoms with Gasteiger partial charge in [0.15, 0.2) is 0 Å². The Bertz CT molecular complexity index is 1000. The molecule has 25 heavy (non-hydrogen) atoms. The topological polar surface area (TPSA) is 143 Å². The normalized spacial score (nSPS) is 10.2. The Kier molecular flexibility index (Phi) is 4.01. The number of nitrogens with zero attached hydrogens (tertiary/aromatic N) is 5. The number of hydrogen-bond acceptors (Lipinski definition) is 7. The third-order valence-electron chi connectivity index (χ3n) is 3.35. The quantitative estimate of drug-likeness (QED) is 0.655. The van der Waals surface area contributed by atoms with Crippen molar-refractivity contribution < 1.29 is 9.90 Å². The van der Waals surface area contributed by atoms with E-state index in [0.717, 1.165) is 22.1 Å². The van der Waals surface area contributed by atoms with Crippen LogP contribution in [-0.4, -0.2) is 30.8 Å². The van der Waals surface area contributed by atoms with Crippen molar-refractivity contribution in [3.05, 3.63) is 53.3 Å². The summed E-state index contributed by atoms with van der Waals surface area (Å²) in [4.78, 5) is 19.4. The van der Waals surface area contributed by atoms with Crippen LogP contribution in [0.15, 0.2) is 36.5 Å². The molecule has 2 aromatic heterocycles. The number of carboxylic acid groups (broad SMARTS) is 1. The fourth-order valence-electron chi connectivity index (χ4n) is 2.20. The van der Waals surface area contributed by atoms with Crippen molar-refractivity contribution in [1.82, 2.24) is 19.7 Å². The molecular weight excluding hydrogens is 322 g/mol. The monoisotopic (exact) mass is 335 g/mol. The number of nitrogens with two attached hydrogens (primary N) is 1. The van der Waals surface area contributed by atoms with E-state index < -0.39 is 5.97 Å². The van der Waals surface area contributed by atoms with Crippen molar-refractivity contribution in [2.24, 2.45) is 0 Å². The minimum absolute atomic E-state index is 0.000738. The van der Waals surface area contributed by atoms with Gasteiger partial charge >= 0.3 is 5.97 Å². The number of aromatic carboxylic acids is 1. The van der Waals surface area contributed by atoms with Crippen molar-refractivity contribution in [3.63, 3.8) is 0 Å². The summed E-state index contributed by atoms with van der Waals surface area (Å²) in [6.07, 6.45) is 1.10. The largest absolute Gasteiger partial charge is 0.477 e. The first-order chi connectivity index (χ1) is 12.0. The fourth-order valence-corrected chi connectivity index (χ4v) is 2.20. The van der Waals surface area contributed by atoms with E-state index in [0.29, 0.717) is 5.82 Å². The van der Waals surface area contributed by atoms with E-state index in [1.165, 1.54) is 6.07 Å². The predicted octanol–water partition coefficient (Wildman–Crippen LogP) is 1.87. The summed E-state index contributed by atoms with van der Waals surface area (Å²) in [5, 5.41) is 25.2. The van der Waals surface area contributed by atoms with Crippen molar-refractivity contribution in [3.8, 4) is 12.0 Å². The number of nitriles is 1. The maximum absolute atomic E-state index is 11.1. The standard InChI is InChI=1S/C16H13N7O2/c1-9-3-2-4-10(5-9)20-13-6-11(7-17)21-16(22-13)23-14(18)12(8-19-23)15(24)25/h2-6,8H,18H2,1H3,(H,24,25)(H,20,21,22). The van der Waals surface area contributed by atoms with E-state index in [2.05, 4.69) is 20.4 Å². The second-order valence-electron chi connectivity index (χ2n) is 5.21. The molecule has 4 N–H and O–H groups in total. The van der Waals surface area contributed by atoms with Crippen LogP contribution in [0.4, 0.5) is 17.3 Å². The zero-order valence-corrected chi connectivity index (χ0v) is 13.1. The molecule has 0 fully saturated rings. The first-order valence-electron chi connectivity index (χ1n) is 7.18. The van der Waals surface area contributed by atoms with Crippen molar-refractivity contribution in [2.45, 2.75) is 6.92 Å². The average Bonchev–Trinajstić information content (AvgIpc) is 2.96. The summed E-state index contributed by atoms with van der Waals surface area (Å²) < 4.78 is 1.08. The zero-order chi connectivity index (χ0) is 18.0. The van der Waals surface area contributed by atoms with Crippen LogP contribution in [-0.2, 0) is 0 Å². The number of anilines is 3. The Morgan fingerprint density at radius 3 is 2.80 bits per heavy atom. The van der Waals surface area contributed by atoms with Crippen LogP contribution >= 0.6 is 0 Å². The van der Waals surface area contributed by atoms with E-state index in [1.54, 1.807) is 0 Å². The number of aryl methyl sites for hydroxylation is 1. The van der Waals surface area contributed by atoms with E-state index in [9.17, 15) is 10.1 Å². The van der Waals surface area contributed by atoms with Gasteiger partial charge in [0.05, 0.1) is 6.20 Å². The highest BCUT2D eigenvalue weighted by Gasteiger charge is 2.17. The average molecular weight is 335 g/mol. The van der Waals surface area contributed by atoms with Crippen LogP contribution in [0.1, 0.15) is 21.6 Å². The molecule has 0 radical (unpaired) electrons. The lowest BCUT2D eigenvalue weighted by molar-refractivity contribution is 0.0698. The molecule has 0 saturated carbocycles. The molecule has 0 unspecified atom stereocenters. The second kappa shape index (κ2) is 6.29. The van der Waals surface area contributed by atoms with Gasteiger partial charge in [-0.2, -0.15) is 25.0 Å². The summed E-state index contributed by atoms with van der Waals surface area (Å²) in [7, 11) is 0. The molecule has 0 aliphatic rings. The summed E-state index contributed by atoms with van der Waals surface area (Å²) in [6, 6.07) is 11.0. The van der Waals surface area contributed by atoms with Gasteiger partial charge in [-0.25, -0.2) is 4.79 Å². The van der Waals surface area contributed by atoms with Crippen LogP contribution in [0.5, 0.6) is 0 Å². The van der Waals surface area contributed by atoms with Gasteiger partial charge < -0.3 is 16.2 Å². The molecule has 9 heteroatoms. The molecule has 0 saturated heterocycles. The Labute approximate surface area is 142 Å². The molecule has 3 aromatic rings. The lowest BCUT2D eigenvalue weighted by Crippen LogP contribution is -2.10. The van der Waals surface area contributed by atoms with Gasteiger partial charge in [-0.1, -0.05) is 12.1 Å². The van der Waals surface area contributed by atoms with E-state index in [-0.39, 0.29) is 23.0 Å². The van der Waals surface area contributed by atoms with E-state index in [4.69, 9.17) is 10.8 Å². The van der Waals surface area contributed by atoms with Crippen LogP contribution < -0.4 is 11.1 Å². The van der Waals surface area contributed by atoms with E-state index in [1.807, 2.05) is 37.3 Å². The van der Waals surface area contributed by atoms with Gasteiger partial charge in [-0.05, 0) is 24.6 Å². The van der Waals surface area contributed by atoms with Gasteiger partial charge in [-0.15, -0.1) is 0 Å². The van der Waals surface area contributed by atoms with Gasteiger partial charge in [0.25, 0.3) is 5.95 Å². The van der Waals surface area contributed by atoms with Crippen molar-refractivity contribution >= 4 is 23.3 Å². The Hall–Kier alpha value is -3.93. The molecule has 0 spiro atoms. The maximum atomic E-state index is 11.1. The lowest BCUT2D eigenvalue weighted by Gasteiger charge is -2.09. The van der Waals surface area contributed by atoms with Crippen molar-refractivity contribution in [1.29, 1.82) is 5.26 Å². The zero-order valence-electron chi connectivity index (χ0n) is 13.1. The van der Waals surface area contributed by atoms with Gasteiger partial charge in [0.2, 0.25) is 0 Å². The Morgan fingerprint density at radius 2 is 2.16 bits per heavy atom.